The van der Waals surface area contributed by atoms with Crippen molar-refractivity contribution in [1.82, 2.24) is 0 Å². The van der Waals surface area contributed by atoms with Crippen LogP contribution >= 0.6 is 0 Å². The van der Waals surface area contributed by atoms with Crippen molar-refractivity contribution in [2.75, 3.05) is 0 Å². The first-order valence-electron chi connectivity index (χ1n) is 12.0. The number of hydrogen-bond acceptors (Lipinski definition) is 2. The summed E-state index contributed by atoms with van der Waals surface area (Å²) in [6.07, 6.45) is 28.7. The molecule has 0 bridgehead atoms. The summed E-state index contributed by atoms with van der Waals surface area (Å²) in [6.45, 7) is 2.29. The van der Waals surface area contributed by atoms with Gasteiger partial charge in [0.2, 0.25) is 0 Å². The van der Waals surface area contributed by atoms with Crippen LogP contribution < -0.4 is 5.11 Å². The monoisotopic (exact) mass is 430 g/mol. The van der Waals surface area contributed by atoms with Gasteiger partial charge in [0, 0.05) is 5.97 Å². The van der Waals surface area contributed by atoms with Gasteiger partial charge in [0.15, 0.2) is 0 Å². The molecule has 0 rings (SSSR count). The Hall–Kier alpha value is -0.0105. The van der Waals surface area contributed by atoms with Crippen molar-refractivity contribution in [3.8, 4) is 0 Å². The molecule has 0 amide bonds. The molecule has 0 saturated heterocycles. The Morgan fingerprint density at radius 2 is 0.704 bits per heavy atom. The molecule has 2 nitrogen and oxygen atoms in total. The Balaban J connectivity index is 0. The van der Waals surface area contributed by atoms with Crippen molar-refractivity contribution >= 4 is 5.97 Å². The molecule has 0 aromatic heterocycles. The zero-order chi connectivity index (χ0) is 19.1. The van der Waals surface area contributed by atoms with E-state index in [1.54, 1.807) is 0 Å². The van der Waals surface area contributed by atoms with Crippen molar-refractivity contribution in [3.05, 3.63) is 0 Å². The molecule has 0 atom stereocenters. The summed E-state index contributed by atoms with van der Waals surface area (Å²) in [5.41, 5.74) is 0. The maximum Gasteiger partial charge on any atom is 2.00 e. The molecule has 0 spiro atoms. The minimum Gasteiger partial charge on any atom is -0.550 e. The number of carbonyl (C=O) groups is 1. The van der Waals surface area contributed by atoms with E-state index in [1.807, 2.05) is 0 Å². The van der Waals surface area contributed by atoms with Crippen molar-refractivity contribution in [2.45, 2.75) is 148 Å². The summed E-state index contributed by atoms with van der Waals surface area (Å²) >= 11 is 0. The third-order valence-corrected chi connectivity index (χ3v) is 5.48. The van der Waals surface area contributed by atoms with Crippen LogP contribution in [0.2, 0.25) is 0 Å². The van der Waals surface area contributed by atoms with Crippen molar-refractivity contribution in [3.63, 3.8) is 0 Å². The van der Waals surface area contributed by atoms with Crippen LogP contribution in [0.4, 0.5) is 0 Å². The molecule has 0 N–H and O–H groups in total. The topological polar surface area (TPSA) is 40.1 Å². The Morgan fingerprint density at radius 1 is 0.481 bits per heavy atom. The Morgan fingerprint density at radius 3 is 0.926 bits per heavy atom. The molecule has 0 fully saturated rings. The fourth-order valence-corrected chi connectivity index (χ4v) is 3.70. The molecule has 3 heteroatoms. The van der Waals surface area contributed by atoms with Gasteiger partial charge in [-0.1, -0.05) is 135 Å². The van der Waals surface area contributed by atoms with E-state index in [1.165, 1.54) is 122 Å². The van der Waals surface area contributed by atoms with Crippen LogP contribution in [0, 0.1) is 0 Å². The standard InChI is InChI=1S/C24H48O2.Cu/c1-2-3-4-5-6-7-8-9-10-11-12-13-14-15-16-17-18-19-20-21-22-23-24(25)26;/h2-23H2,1H3,(H,25,26);/q;+2/p-1. The van der Waals surface area contributed by atoms with Crippen molar-refractivity contribution in [2.24, 2.45) is 0 Å². The molecule has 0 aliphatic heterocycles. The number of hydrogen-bond donors (Lipinski definition) is 0. The summed E-state index contributed by atoms with van der Waals surface area (Å²) < 4.78 is 0. The number of aliphatic carboxylic acids is 1. The third-order valence-electron chi connectivity index (χ3n) is 5.48. The van der Waals surface area contributed by atoms with Gasteiger partial charge in [-0.15, -0.1) is 0 Å². The molecule has 0 aromatic rings. The van der Waals surface area contributed by atoms with Gasteiger partial charge >= 0.3 is 17.1 Å². The Kier molecular flexibility index (Phi) is 28.1. The quantitative estimate of drug-likeness (QED) is 0.133. The first-order valence-corrected chi connectivity index (χ1v) is 12.0. The first kappa shape index (κ1) is 29.2. The van der Waals surface area contributed by atoms with Crippen LogP contribution in [0.3, 0.4) is 0 Å². The van der Waals surface area contributed by atoms with Gasteiger partial charge in [-0.3, -0.25) is 0 Å². The molecule has 165 valence electrons. The molecule has 0 saturated carbocycles. The average molecular weight is 431 g/mol. The fourth-order valence-electron chi connectivity index (χ4n) is 3.70. The number of unbranched alkanes of at least 4 members (excludes halogenated alkanes) is 20. The van der Waals surface area contributed by atoms with Gasteiger partial charge in [0.25, 0.3) is 0 Å². The van der Waals surface area contributed by atoms with Gasteiger partial charge in [0.1, 0.15) is 0 Å². The minimum absolute atomic E-state index is 0. The molecule has 1 radical (unpaired) electrons. The van der Waals surface area contributed by atoms with Crippen LogP contribution in [0.1, 0.15) is 148 Å². The Bertz CT molecular complexity index is 282. The summed E-state index contributed by atoms with van der Waals surface area (Å²) in [7, 11) is 0. The van der Waals surface area contributed by atoms with Gasteiger partial charge < -0.3 is 9.90 Å². The van der Waals surface area contributed by atoms with E-state index in [2.05, 4.69) is 6.92 Å². The van der Waals surface area contributed by atoms with Crippen LogP contribution in [-0.4, -0.2) is 5.97 Å². The molecular weight excluding hydrogens is 384 g/mol. The first-order chi connectivity index (χ1) is 12.8. The summed E-state index contributed by atoms with van der Waals surface area (Å²) in [5.74, 6) is -0.900. The van der Waals surface area contributed by atoms with Crippen LogP contribution in [0.15, 0.2) is 0 Å². The van der Waals surface area contributed by atoms with E-state index in [0.717, 1.165) is 12.8 Å². The van der Waals surface area contributed by atoms with Crippen LogP contribution in [-0.2, 0) is 21.9 Å². The predicted molar refractivity (Wildman–Crippen MR) is 112 cm³/mol. The summed E-state index contributed by atoms with van der Waals surface area (Å²) in [5, 5.41) is 10.3. The van der Waals surface area contributed by atoms with Crippen molar-refractivity contribution in [1.29, 1.82) is 0 Å². The molecule has 0 aromatic carbocycles. The molecule has 0 heterocycles. The summed E-state index contributed by atoms with van der Waals surface area (Å²) in [6, 6.07) is 0. The zero-order valence-corrected chi connectivity index (χ0v) is 19.1. The van der Waals surface area contributed by atoms with E-state index in [4.69, 9.17) is 0 Å². The van der Waals surface area contributed by atoms with Gasteiger partial charge in [0.05, 0.1) is 0 Å². The van der Waals surface area contributed by atoms with Crippen LogP contribution in [0.25, 0.3) is 0 Å². The maximum atomic E-state index is 10.3. The number of carboxylic acids is 1. The third kappa shape index (κ3) is 28.3. The Labute approximate surface area is 181 Å². The average Bonchev–Trinajstić information content (AvgIpc) is 2.62. The SMILES string of the molecule is CCCCCCCCCCCCCCCCCCCCCCCC(=O)[O-].[Cu+2]. The van der Waals surface area contributed by atoms with Crippen LogP contribution in [0.5, 0.6) is 0 Å². The second-order valence-electron chi connectivity index (χ2n) is 8.19. The molecule has 0 aliphatic carbocycles. The molecular formula is C24H47CuO2+. The molecule has 0 aliphatic rings. The second kappa shape index (κ2) is 26.0. The zero-order valence-electron chi connectivity index (χ0n) is 18.2. The fraction of sp³-hybridized carbons (Fsp3) is 0.958. The van der Waals surface area contributed by atoms with E-state index < -0.39 is 5.97 Å². The van der Waals surface area contributed by atoms with Gasteiger partial charge in [-0.2, -0.15) is 0 Å². The van der Waals surface area contributed by atoms with E-state index in [-0.39, 0.29) is 23.5 Å². The number of carbonyl (C=O) groups excluding carboxylic acids is 1. The minimum atomic E-state index is -0.900. The van der Waals surface area contributed by atoms with E-state index in [0.29, 0.717) is 0 Å². The maximum absolute atomic E-state index is 10.3. The second-order valence-corrected chi connectivity index (χ2v) is 8.19. The van der Waals surface area contributed by atoms with Crippen molar-refractivity contribution < 1.29 is 27.0 Å². The van der Waals surface area contributed by atoms with Gasteiger partial charge in [-0.05, 0) is 12.8 Å². The number of carboxylic acid groups (broad SMARTS) is 1. The summed E-state index contributed by atoms with van der Waals surface area (Å²) in [4.78, 5) is 10.3. The molecule has 27 heavy (non-hydrogen) atoms. The normalized spacial score (nSPS) is 10.7. The predicted octanol–water partition coefficient (Wildman–Crippen LogP) is 7.34. The van der Waals surface area contributed by atoms with Gasteiger partial charge in [-0.25, -0.2) is 0 Å². The molecule has 0 unspecified atom stereocenters. The smallest absolute Gasteiger partial charge is 0.550 e. The number of rotatable bonds is 22. The van der Waals surface area contributed by atoms with E-state index >= 15 is 0 Å². The van der Waals surface area contributed by atoms with E-state index in [9.17, 15) is 9.90 Å². The largest absolute Gasteiger partial charge is 2.00 e.